The summed E-state index contributed by atoms with van der Waals surface area (Å²) < 4.78 is 5.47. The first-order chi connectivity index (χ1) is 6.01. The molecule has 0 nitrogen and oxygen atoms in total. The molecule has 0 amide bonds. The molecule has 0 aromatic rings. The summed E-state index contributed by atoms with van der Waals surface area (Å²) in [7, 11) is -3.92. The first-order valence-corrected chi connectivity index (χ1v) is 28.8. The second-order valence-electron chi connectivity index (χ2n) is 5.46. The molecule has 0 aromatic carbocycles. The molecule has 0 aromatic heterocycles. The molecule has 0 saturated carbocycles. The van der Waals surface area contributed by atoms with Crippen LogP contribution in [-0.4, -0.2) is 24.2 Å². The van der Waals surface area contributed by atoms with Crippen LogP contribution in [0.25, 0.3) is 0 Å². The van der Waals surface area contributed by atoms with Gasteiger partial charge in [0.05, 0.1) is 0 Å². The summed E-state index contributed by atoms with van der Waals surface area (Å²) in [6, 6.07) is 0. The van der Waals surface area contributed by atoms with Gasteiger partial charge in [-0.25, -0.2) is 0 Å². The van der Waals surface area contributed by atoms with Crippen molar-refractivity contribution in [3.05, 3.63) is 0 Å². The van der Waals surface area contributed by atoms with E-state index in [1.807, 2.05) is 0 Å². The van der Waals surface area contributed by atoms with Gasteiger partial charge in [0.25, 0.3) is 0 Å². The van der Waals surface area contributed by atoms with E-state index in [1.54, 1.807) is 0 Å². The van der Waals surface area contributed by atoms with Crippen molar-refractivity contribution in [2.75, 3.05) is 0 Å². The number of hydrogen-bond acceptors (Lipinski definition) is 0. The van der Waals surface area contributed by atoms with Gasteiger partial charge >= 0.3 is 112 Å². The number of rotatable bonds is 2. The molecule has 0 N–H and O–H groups in total. The van der Waals surface area contributed by atoms with Crippen molar-refractivity contribution >= 4 is 50.8 Å². The Morgan fingerprint density at radius 1 is 0.714 bits per heavy atom. The van der Waals surface area contributed by atoms with E-state index in [0.29, 0.717) is 0 Å². The second kappa shape index (κ2) is 6.44. The molecule has 0 unspecified atom stereocenters. The fourth-order valence-corrected chi connectivity index (χ4v) is 80.6. The van der Waals surface area contributed by atoms with Crippen LogP contribution in [0.5, 0.6) is 0 Å². The fourth-order valence-electron chi connectivity index (χ4n) is 0.648. The molecule has 0 aliphatic carbocycles. The Balaban J connectivity index is 5.57. The zero-order chi connectivity index (χ0) is 11.6. The molecule has 86 valence electrons. The predicted octanol–water partition coefficient (Wildman–Crippen LogP) is 4.12. The molecule has 0 bridgehead atoms. The van der Waals surface area contributed by atoms with Crippen LogP contribution >= 0.6 is 26.6 Å². The van der Waals surface area contributed by atoms with Crippen molar-refractivity contribution in [2.24, 2.45) is 0 Å². The third-order valence-electron chi connectivity index (χ3n) is 1.04. The molecule has 0 radical (unpaired) electrons. The van der Waals surface area contributed by atoms with E-state index in [9.17, 15) is 0 Å². The Kier molecular flexibility index (Phi) is 7.60. The topological polar surface area (TPSA) is 0 Å². The molecule has 0 fully saturated rings. The first kappa shape index (κ1) is 16.5. The van der Waals surface area contributed by atoms with Crippen LogP contribution in [0.4, 0.5) is 0 Å². The van der Waals surface area contributed by atoms with Gasteiger partial charge in [0.1, 0.15) is 0 Å². The molecular formula is C8H20Br2Mo2Si2. The molecule has 0 aliphatic heterocycles. The molecule has 0 atom stereocenters. The Bertz CT molecular complexity index is 378. The number of halogens is 2. The van der Waals surface area contributed by atoms with Gasteiger partial charge in [-0.3, -0.25) is 0 Å². The summed E-state index contributed by atoms with van der Waals surface area (Å²) in [6.45, 7) is 14.6. The van der Waals surface area contributed by atoms with Crippen molar-refractivity contribution in [1.29, 1.82) is 0 Å². The van der Waals surface area contributed by atoms with Crippen molar-refractivity contribution < 1.29 is 21.8 Å². The van der Waals surface area contributed by atoms with Crippen molar-refractivity contribution in [2.45, 2.75) is 39.3 Å². The molecule has 0 heterocycles. The Labute approximate surface area is 110 Å². The van der Waals surface area contributed by atoms with Gasteiger partial charge in [0.2, 0.25) is 0 Å². The van der Waals surface area contributed by atoms with Crippen LogP contribution in [-0.2, 0) is 21.8 Å². The van der Waals surface area contributed by atoms with Gasteiger partial charge in [-0.15, -0.1) is 0 Å². The molecule has 0 spiro atoms. The van der Waals surface area contributed by atoms with E-state index in [-0.39, 0.29) is 0 Å². The van der Waals surface area contributed by atoms with Crippen LogP contribution in [0.15, 0.2) is 0 Å². The third-order valence-corrected chi connectivity index (χ3v) is 68.5. The average molecular weight is 524 g/mol. The van der Waals surface area contributed by atoms with Crippen molar-refractivity contribution in [3.8, 4) is 0 Å². The van der Waals surface area contributed by atoms with Gasteiger partial charge in [0, 0.05) is 0 Å². The molecule has 0 rings (SSSR count). The molecule has 0 saturated heterocycles. The quantitative estimate of drug-likeness (QED) is 0.478. The fraction of sp³-hybridized carbons (Fsp3) is 0.750. The van der Waals surface area contributed by atoms with Crippen LogP contribution in [0, 0.1) is 0 Å². The summed E-state index contributed by atoms with van der Waals surface area (Å²) >= 11 is 8.00. The van der Waals surface area contributed by atoms with Gasteiger partial charge in [-0.1, -0.05) is 0 Å². The van der Waals surface area contributed by atoms with Crippen LogP contribution in [0.1, 0.15) is 0 Å². The third kappa shape index (κ3) is 9.72. The van der Waals surface area contributed by atoms with Crippen LogP contribution < -0.4 is 0 Å². The zero-order valence-electron chi connectivity index (χ0n) is 9.73. The van der Waals surface area contributed by atoms with E-state index in [0.717, 1.165) is 0 Å². The van der Waals surface area contributed by atoms with E-state index in [4.69, 9.17) is 0 Å². The summed E-state index contributed by atoms with van der Waals surface area (Å²) in [5.74, 6) is 0. The Hall–Kier alpha value is 2.51. The average Bonchev–Trinajstić information content (AvgIpc) is 1.78. The van der Waals surface area contributed by atoms with Crippen LogP contribution in [0.3, 0.4) is 0 Å². The zero-order valence-corrected chi connectivity index (χ0v) is 18.9. The minimum atomic E-state index is -1.01. The minimum absolute atomic E-state index is 0.947. The van der Waals surface area contributed by atoms with E-state index in [1.165, 1.54) is 0 Å². The Morgan fingerprint density at radius 3 is 1.07 bits per heavy atom. The van der Waals surface area contributed by atoms with Crippen molar-refractivity contribution in [1.82, 2.24) is 0 Å². The Morgan fingerprint density at radius 2 is 0.929 bits per heavy atom. The first-order valence-electron chi connectivity index (χ1n) is 4.52. The van der Waals surface area contributed by atoms with E-state index < -0.39 is 38.0 Å². The SMILES string of the molecule is C[Si](C)(C)[CH]=[Mo]([Br])#[Mo]([Br])=[CH][Si](C)(C)C. The second-order valence-corrected chi connectivity index (χ2v) is 53.5. The van der Waals surface area contributed by atoms with E-state index in [2.05, 4.69) is 73.9 Å². The van der Waals surface area contributed by atoms with Gasteiger partial charge < -0.3 is 0 Å². The monoisotopic (exact) mass is 526 g/mol. The summed E-state index contributed by atoms with van der Waals surface area (Å²) in [4.78, 5) is 0. The summed E-state index contributed by atoms with van der Waals surface area (Å²) in [5, 5.41) is 0. The molecule has 0 aliphatic rings. The van der Waals surface area contributed by atoms with Gasteiger partial charge in [-0.2, -0.15) is 0 Å². The van der Waals surface area contributed by atoms with Gasteiger partial charge in [0.15, 0.2) is 0 Å². The molecular weight excluding hydrogens is 504 g/mol. The maximum absolute atomic E-state index is 4.00. The molecule has 14 heavy (non-hydrogen) atoms. The predicted molar refractivity (Wildman–Crippen MR) is 76.7 cm³/mol. The maximum atomic E-state index is 4.00. The summed E-state index contributed by atoms with van der Waals surface area (Å²) in [6.07, 6.45) is 0. The number of hydrogen-bond donors (Lipinski definition) is 0. The van der Waals surface area contributed by atoms with Crippen LogP contribution in [0.2, 0.25) is 39.3 Å². The van der Waals surface area contributed by atoms with Gasteiger partial charge in [-0.05, 0) is 0 Å². The molecule has 6 heteroatoms. The standard InChI is InChI=1S/2C4H10Si.2BrH.2Mo/c2*1-5(2,3)4;;;;/h2*1H,2-4H3;2*1H;;/q;;;;2*+1/p-2. The summed E-state index contributed by atoms with van der Waals surface area (Å²) in [5.41, 5.74) is 0. The van der Waals surface area contributed by atoms with Crippen molar-refractivity contribution in [3.63, 3.8) is 0 Å². The van der Waals surface area contributed by atoms with E-state index >= 15 is 0 Å². The normalized spacial score (nSPS) is 16.0.